The van der Waals surface area contributed by atoms with E-state index in [1.54, 1.807) is 24.3 Å². The van der Waals surface area contributed by atoms with E-state index in [4.69, 9.17) is 4.74 Å². The van der Waals surface area contributed by atoms with E-state index in [0.29, 0.717) is 0 Å². The normalized spacial score (nSPS) is 14.8. The Morgan fingerprint density at radius 3 is 2.48 bits per heavy atom. The van der Waals surface area contributed by atoms with Gasteiger partial charge in [0.2, 0.25) is 0 Å². The predicted molar refractivity (Wildman–Crippen MR) is 84.7 cm³/mol. The molecule has 1 aliphatic rings. The second kappa shape index (κ2) is 6.46. The zero-order chi connectivity index (χ0) is 14.5. The molecule has 0 atom stereocenters. The van der Waals surface area contributed by atoms with Crippen LogP contribution in [0.4, 0.5) is 0 Å². The average molecular weight is 281 g/mol. The first-order chi connectivity index (χ1) is 10.3. The van der Waals surface area contributed by atoms with Gasteiger partial charge in [-0.05, 0) is 67.9 Å². The zero-order valence-electron chi connectivity index (χ0n) is 11.9. The van der Waals surface area contributed by atoms with Gasteiger partial charge in [-0.15, -0.1) is 0 Å². The summed E-state index contributed by atoms with van der Waals surface area (Å²) in [7, 11) is 0. The second-order valence-corrected chi connectivity index (χ2v) is 5.22. The molecule has 2 aromatic carbocycles. The van der Waals surface area contributed by atoms with Crippen molar-refractivity contribution in [1.29, 1.82) is 0 Å². The van der Waals surface area contributed by atoms with Gasteiger partial charge in [-0.25, -0.2) is 0 Å². The summed E-state index contributed by atoms with van der Waals surface area (Å²) in [6, 6.07) is 14.8. The smallest absolute Gasteiger partial charge is 0.128 e. The molecule has 1 saturated heterocycles. The molecule has 1 aliphatic heterocycles. The summed E-state index contributed by atoms with van der Waals surface area (Å²) < 4.78 is 5.81. The first-order valence-corrected chi connectivity index (χ1v) is 7.27. The van der Waals surface area contributed by atoms with Crippen LogP contribution in [0.3, 0.4) is 0 Å². The molecule has 3 heteroatoms. The fraction of sp³-hybridized carbons (Fsp3) is 0.222. The number of hydrogen-bond donors (Lipinski definition) is 2. The Bertz CT molecular complexity index is 624. The van der Waals surface area contributed by atoms with Gasteiger partial charge < -0.3 is 15.2 Å². The quantitative estimate of drug-likeness (QED) is 0.895. The molecule has 0 unspecified atom stereocenters. The minimum Gasteiger partial charge on any atom is -0.508 e. The van der Waals surface area contributed by atoms with Gasteiger partial charge in [0.25, 0.3) is 0 Å². The Balaban J connectivity index is 1.75. The topological polar surface area (TPSA) is 41.5 Å². The van der Waals surface area contributed by atoms with E-state index in [0.717, 1.165) is 37.4 Å². The van der Waals surface area contributed by atoms with Gasteiger partial charge in [0.15, 0.2) is 0 Å². The summed E-state index contributed by atoms with van der Waals surface area (Å²) in [5.41, 5.74) is 2.65. The van der Waals surface area contributed by atoms with Crippen molar-refractivity contribution in [1.82, 2.24) is 5.32 Å². The van der Waals surface area contributed by atoms with Crippen molar-refractivity contribution in [3.8, 4) is 17.2 Å². The van der Waals surface area contributed by atoms with Crippen LogP contribution in [0, 0.1) is 0 Å². The summed E-state index contributed by atoms with van der Waals surface area (Å²) in [5.74, 6) is 1.77. The van der Waals surface area contributed by atoms with Gasteiger partial charge in [0.05, 0.1) is 0 Å². The SMILES string of the molecule is Oc1ccc(Oc2cccc(C=C3CCNCC3)c2)cc1. The molecule has 0 amide bonds. The van der Waals surface area contributed by atoms with E-state index in [-0.39, 0.29) is 5.75 Å². The lowest BCUT2D eigenvalue weighted by Crippen LogP contribution is -2.22. The summed E-state index contributed by atoms with van der Waals surface area (Å²) >= 11 is 0. The first-order valence-electron chi connectivity index (χ1n) is 7.27. The van der Waals surface area contributed by atoms with Gasteiger partial charge in [0.1, 0.15) is 17.2 Å². The molecule has 0 aliphatic carbocycles. The van der Waals surface area contributed by atoms with Crippen LogP contribution in [0.2, 0.25) is 0 Å². The Morgan fingerprint density at radius 1 is 0.952 bits per heavy atom. The number of phenolic OH excluding ortho intramolecular Hbond substituents is 1. The molecule has 0 aromatic heterocycles. The molecule has 1 heterocycles. The molecule has 0 radical (unpaired) electrons. The minimum atomic E-state index is 0.242. The molecule has 2 N–H and O–H groups in total. The fourth-order valence-electron chi connectivity index (χ4n) is 2.45. The van der Waals surface area contributed by atoms with Gasteiger partial charge in [-0.1, -0.05) is 23.8 Å². The lowest BCUT2D eigenvalue weighted by atomic mass is 10.0. The van der Waals surface area contributed by atoms with Crippen molar-refractivity contribution in [2.24, 2.45) is 0 Å². The maximum atomic E-state index is 9.28. The Kier molecular flexibility index (Phi) is 4.22. The maximum absolute atomic E-state index is 9.28. The molecule has 0 saturated carbocycles. The van der Waals surface area contributed by atoms with E-state index in [9.17, 15) is 5.11 Å². The molecule has 3 rings (SSSR count). The highest BCUT2D eigenvalue weighted by Gasteiger charge is 2.05. The molecule has 108 valence electrons. The van der Waals surface area contributed by atoms with Crippen LogP contribution in [0.5, 0.6) is 17.2 Å². The molecule has 0 bridgehead atoms. The van der Waals surface area contributed by atoms with E-state index in [1.165, 1.54) is 11.1 Å². The van der Waals surface area contributed by atoms with Gasteiger partial charge in [-0.3, -0.25) is 0 Å². The van der Waals surface area contributed by atoms with Crippen molar-refractivity contribution in [3.05, 3.63) is 59.7 Å². The van der Waals surface area contributed by atoms with Crippen molar-refractivity contribution >= 4 is 6.08 Å². The number of rotatable bonds is 3. The van der Waals surface area contributed by atoms with Gasteiger partial charge in [0, 0.05) is 0 Å². The standard InChI is InChI=1S/C18H19NO2/c20-16-4-6-17(7-5-16)21-18-3-1-2-15(13-18)12-14-8-10-19-11-9-14/h1-7,12-13,19-20H,8-11H2. The monoisotopic (exact) mass is 281 g/mol. The van der Waals surface area contributed by atoms with Crippen LogP contribution >= 0.6 is 0 Å². The highest BCUT2D eigenvalue weighted by molar-refractivity contribution is 5.55. The third-order valence-electron chi connectivity index (χ3n) is 3.55. The highest BCUT2D eigenvalue weighted by Crippen LogP contribution is 2.25. The van der Waals surface area contributed by atoms with Crippen LogP contribution in [-0.4, -0.2) is 18.2 Å². The van der Waals surface area contributed by atoms with Crippen molar-refractivity contribution < 1.29 is 9.84 Å². The summed E-state index contributed by atoms with van der Waals surface area (Å²) in [6.07, 6.45) is 4.48. The molecule has 21 heavy (non-hydrogen) atoms. The third kappa shape index (κ3) is 3.86. The predicted octanol–water partition coefficient (Wildman–Crippen LogP) is 3.95. The van der Waals surface area contributed by atoms with Crippen LogP contribution in [0.1, 0.15) is 18.4 Å². The lowest BCUT2D eigenvalue weighted by molar-refractivity contribution is 0.464. The summed E-state index contributed by atoms with van der Waals surface area (Å²) in [6.45, 7) is 2.13. The van der Waals surface area contributed by atoms with E-state index in [1.807, 2.05) is 18.2 Å². The number of hydrogen-bond acceptors (Lipinski definition) is 3. The van der Waals surface area contributed by atoms with E-state index < -0.39 is 0 Å². The average Bonchev–Trinajstić information content (AvgIpc) is 2.51. The van der Waals surface area contributed by atoms with Crippen LogP contribution in [0.25, 0.3) is 6.08 Å². The van der Waals surface area contributed by atoms with Crippen molar-refractivity contribution in [2.75, 3.05) is 13.1 Å². The van der Waals surface area contributed by atoms with Crippen molar-refractivity contribution in [2.45, 2.75) is 12.8 Å². The third-order valence-corrected chi connectivity index (χ3v) is 3.55. The van der Waals surface area contributed by atoms with Crippen LogP contribution in [0.15, 0.2) is 54.1 Å². The minimum absolute atomic E-state index is 0.242. The Labute approximate surface area is 124 Å². The van der Waals surface area contributed by atoms with Gasteiger partial charge >= 0.3 is 0 Å². The lowest BCUT2D eigenvalue weighted by Gasteiger charge is -2.15. The fourth-order valence-corrected chi connectivity index (χ4v) is 2.45. The second-order valence-electron chi connectivity index (χ2n) is 5.22. The molecule has 0 spiro atoms. The first kappa shape index (κ1) is 13.7. The molecule has 2 aromatic rings. The van der Waals surface area contributed by atoms with Gasteiger partial charge in [-0.2, -0.15) is 0 Å². The molecular formula is C18H19NO2. The number of piperidine rings is 1. The number of benzene rings is 2. The van der Waals surface area contributed by atoms with Crippen LogP contribution in [-0.2, 0) is 0 Å². The number of phenols is 1. The number of nitrogens with one attached hydrogen (secondary N) is 1. The molecule has 1 fully saturated rings. The largest absolute Gasteiger partial charge is 0.508 e. The zero-order valence-corrected chi connectivity index (χ0v) is 11.9. The van der Waals surface area contributed by atoms with E-state index >= 15 is 0 Å². The van der Waals surface area contributed by atoms with E-state index in [2.05, 4.69) is 17.5 Å². The Hall–Kier alpha value is -2.26. The maximum Gasteiger partial charge on any atom is 0.128 e. The van der Waals surface area contributed by atoms with Crippen molar-refractivity contribution in [3.63, 3.8) is 0 Å². The number of aromatic hydroxyl groups is 1. The summed E-state index contributed by atoms with van der Waals surface area (Å²) in [5, 5.41) is 12.6. The van der Waals surface area contributed by atoms with Crippen LogP contribution < -0.4 is 10.1 Å². The summed E-state index contributed by atoms with van der Waals surface area (Å²) in [4.78, 5) is 0. The molecule has 3 nitrogen and oxygen atoms in total. The molecular weight excluding hydrogens is 262 g/mol. The highest BCUT2D eigenvalue weighted by atomic mass is 16.5. The Morgan fingerprint density at radius 2 is 1.71 bits per heavy atom. The number of ether oxygens (including phenoxy) is 1.